The SMILES string of the molecule is C[S+](C)(=O)Cc1ccc([N+](=O)[O-])cc1.FC(F)(F)c1cc([B-](c2cc(C(F)(F)F)cc(C(F)(F)F)c2)(c2cc(C(F)(F)F)cc(C(F)(F)F)c2)c2cc(C(F)(F)F)cc(C(F)(F)F)c2)cc(C(F)(F)F)c1. The number of hydrogen-bond donors (Lipinski definition) is 0. The van der Waals surface area contributed by atoms with Gasteiger partial charge in [0.15, 0.2) is 0 Å². The Morgan fingerprint density at radius 3 is 0.704 bits per heavy atom. The van der Waals surface area contributed by atoms with Crippen LogP contribution in [0.4, 0.5) is 111 Å². The van der Waals surface area contributed by atoms with Crippen molar-refractivity contribution >= 4 is 43.6 Å². The van der Waals surface area contributed by atoms with Crippen LogP contribution in [0.1, 0.15) is 50.1 Å². The average Bonchev–Trinajstić information content (AvgIpc) is 3.18. The zero-order valence-electron chi connectivity index (χ0n) is 34.7. The highest BCUT2D eigenvalue weighted by Crippen LogP contribution is 2.41. The van der Waals surface area contributed by atoms with Crippen molar-refractivity contribution in [3.05, 3.63) is 157 Å². The Kier molecular flexibility index (Phi) is 15.3. The lowest BCUT2D eigenvalue weighted by atomic mass is 9.12. The molecule has 0 atom stereocenters. The Morgan fingerprint density at radius 1 is 0.380 bits per heavy atom. The van der Waals surface area contributed by atoms with Crippen LogP contribution in [0.2, 0.25) is 0 Å². The Labute approximate surface area is 382 Å². The molecule has 0 bridgehead atoms. The highest BCUT2D eigenvalue weighted by molar-refractivity contribution is 8.00. The first-order valence-corrected chi connectivity index (χ1v) is 21.2. The van der Waals surface area contributed by atoms with Crippen molar-refractivity contribution in [3.8, 4) is 0 Å². The van der Waals surface area contributed by atoms with Crippen LogP contribution in [0.3, 0.4) is 0 Å². The molecule has 0 spiro atoms. The molecule has 5 aromatic rings. The Morgan fingerprint density at radius 2 is 0.563 bits per heavy atom. The van der Waals surface area contributed by atoms with Gasteiger partial charge in [0.2, 0.25) is 0 Å². The molecular formula is C41H24BF24NO3S. The smallest absolute Gasteiger partial charge is 0.258 e. The third-order valence-corrected chi connectivity index (χ3v) is 11.1. The predicted octanol–water partition coefficient (Wildman–Crippen LogP) is 13.1. The van der Waals surface area contributed by atoms with E-state index in [1.807, 2.05) is 0 Å². The van der Waals surface area contributed by atoms with E-state index in [1.54, 1.807) is 24.6 Å². The van der Waals surface area contributed by atoms with E-state index in [2.05, 4.69) is 0 Å². The standard InChI is InChI=1S/C32H12BF24.C9H12NO3S/c34-25(35,36)13-1-14(26(37,38)39)6-21(5-13)33(22-7-15(27(40,41)42)2-16(8-22)28(43,44)45,23-9-17(29(46,47)48)3-18(10-23)30(49,50)51)24-11-19(31(52,53)54)4-20(12-24)32(55,56)57;1-14(2,13)7-8-3-5-9(6-4-8)10(11)12/h1-12H;3-6H,7H2,1-2H3/q-1;+1. The zero-order chi connectivity index (χ0) is 54.7. The van der Waals surface area contributed by atoms with E-state index in [4.69, 9.17) is 0 Å². The number of nitrogens with zero attached hydrogens (tertiary/aromatic N) is 1. The van der Waals surface area contributed by atoms with Crippen molar-refractivity contribution in [1.82, 2.24) is 0 Å². The summed E-state index contributed by atoms with van der Waals surface area (Å²) in [6, 6.07) is -2.66. The molecule has 4 nitrogen and oxygen atoms in total. The molecule has 71 heavy (non-hydrogen) atoms. The summed E-state index contributed by atoms with van der Waals surface area (Å²) in [5, 5.41) is 10.3. The molecule has 0 radical (unpaired) electrons. The molecule has 30 heteroatoms. The lowest BCUT2D eigenvalue weighted by Crippen LogP contribution is -2.75. The summed E-state index contributed by atoms with van der Waals surface area (Å²) in [6.07, 6.45) is -51.5. The van der Waals surface area contributed by atoms with Crippen molar-refractivity contribution in [2.24, 2.45) is 0 Å². The monoisotopic (exact) mass is 1080 g/mol. The van der Waals surface area contributed by atoms with Gasteiger partial charge in [0.05, 0.1) is 59.4 Å². The second kappa shape index (κ2) is 18.9. The van der Waals surface area contributed by atoms with E-state index >= 15 is 0 Å². The van der Waals surface area contributed by atoms with Crippen molar-refractivity contribution in [2.75, 3.05) is 12.5 Å². The molecule has 0 saturated carbocycles. The first-order valence-electron chi connectivity index (χ1n) is 18.7. The number of rotatable bonds is 7. The lowest BCUT2D eigenvalue weighted by molar-refractivity contribution is -0.384. The number of nitro benzene ring substituents is 1. The van der Waals surface area contributed by atoms with E-state index in [0.29, 0.717) is 5.75 Å². The number of halogens is 24. The molecule has 0 heterocycles. The van der Waals surface area contributed by atoms with E-state index in [-0.39, 0.29) is 5.69 Å². The number of non-ortho nitro benzene ring substituents is 1. The number of alkyl halides is 24. The normalized spacial score (nSPS) is 13.7. The van der Waals surface area contributed by atoms with E-state index < -0.39 is 210 Å². The molecule has 0 aliphatic heterocycles. The van der Waals surface area contributed by atoms with Gasteiger partial charge in [-0.1, -0.05) is 48.5 Å². The van der Waals surface area contributed by atoms with Crippen LogP contribution in [0.15, 0.2) is 97.1 Å². The minimum atomic E-state index is -6.13. The molecule has 388 valence electrons. The molecule has 5 rings (SSSR count). The minimum Gasteiger partial charge on any atom is -0.258 e. The fourth-order valence-electron chi connectivity index (χ4n) is 7.19. The van der Waals surface area contributed by atoms with Crippen LogP contribution < -0.4 is 21.9 Å². The van der Waals surface area contributed by atoms with Crippen LogP contribution in [-0.2, 0) is 69.3 Å². The molecule has 0 aromatic heterocycles. The maximum atomic E-state index is 14.2. The summed E-state index contributed by atoms with van der Waals surface area (Å²) in [4.78, 5) is 9.90. The first kappa shape index (κ1) is 57.6. The third kappa shape index (κ3) is 13.9. The molecule has 0 saturated heterocycles. The zero-order valence-corrected chi connectivity index (χ0v) is 35.5. The van der Waals surface area contributed by atoms with Crippen molar-refractivity contribution < 1.29 is 115 Å². The molecular weight excluding hydrogens is 1050 g/mol. The van der Waals surface area contributed by atoms with E-state index in [1.165, 1.54) is 12.1 Å². The van der Waals surface area contributed by atoms with Crippen molar-refractivity contribution in [2.45, 2.75) is 55.2 Å². The van der Waals surface area contributed by atoms with Crippen LogP contribution in [0.5, 0.6) is 0 Å². The van der Waals surface area contributed by atoms with Gasteiger partial charge in [0.25, 0.3) is 5.69 Å². The van der Waals surface area contributed by atoms with E-state index in [9.17, 15) is 120 Å². The van der Waals surface area contributed by atoms with Gasteiger partial charge in [-0.05, 0) is 36.4 Å². The van der Waals surface area contributed by atoms with Gasteiger partial charge in [-0.2, -0.15) is 127 Å². The van der Waals surface area contributed by atoms with Crippen LogP contribution >= 0.6 is 0 Å². The highest BCUT2D eigenvalue weighted by Gasteiger charge is 2.47. The summed E-state index contributed by atoms with van der Waals surface area (Å²) >= 11 is 0. The van der Waals surface area contributed by atoms with Gasteiger partial charge < -0.3 is 0 Å². The fraction of sp³-hybridized carbons (Fsp3) is 0.268. The summed E-state index contributed by atoms with van der Waals surface area (Å²) in [5.41, 5.74) is -29.3. The molecule has 0 aliphatic carbocycles. The Hall–Kier alpha value is -5.97. The summed E-state index contributed by atoms with van der Waals surface area (Å²) in [6.45, 7) is 0. The van der Waals surface area contributed by atoms with Gasteiger partial charge in [-0.25, -0.2) is 0 Å². The van der Waals surface area contributed by atoms with Crippen LogP contribution in [-0.4, -0.2) is 23.6 Å². The summed E-state index contributed by atoms with van der Waals surface area (Å²) < 4.78 is 352. The Balaban J connectivity index is 0.000000671. The van der Waals surface area contributed by atoms with Gasteiger partial charge in [0, 0.05) is 17.7 Å². The maximum Gasteiger partial charge on any atom is 0.416 e. The highest BCUT2D eigenvalue weighted by atomic mass is 32.2. The Bertz CT molecular complexity index is 2370. The lowest BCUT2D eigenvalue weighted by Gasteiger charge is -2.46. The quantitative estimate of drug-likeness (QED) is 0.0536. The third-order valence-electron chi connectivity index (χ3n) is 10.1. The van der Waals surface area contributed by atoms with Crippen LogP contribution in [0.25, 0.3) is 0 Å². The molecule has 0 N–H and O–H groups in total. The topological polar surface area (TPSA) is 60.2 Å². The fourth-order valence-corrected chi connectivity index (χ4v) is 8.18. The molecule has 5 aromatic carbocycles. The molecule has 0 unspecified atom stereocenters. The average molecular weight is 1080 g/mol. The second-order valence-corrected chi connectivity index (χ2v) is 18.9. The number of nitro groups is 1. The van der Waals surface area contributed by atoms with Crippen molar-refractivity contribution in [1.29, 1.82) is 0 Å². The minimum absolute atomic E-state index is 0.0625. The van der Waals surface area contributed by atoms with Gasteiger partial charge in [-0.15, -0.1) is 4.21 Å². The van der Waals surface area contributed by atoms with Crippen molar-refractivity contribution in [3.63, 3.8) is 0 Å². The van der Waals surface area contributed by atoms with E-state index in [0.717, 1.165) is 5.56 Å². The summed E-state index contributed by atoms with van der Waals surface area (Å²) in [5.74, 6) is 0.463. The van der Waals surface area contributed by atoms with Gasteiger partial charge in [-0.3, -0.25) is 10.1 Å². The summed E-state index contributed by atoms with van der Waals surface area (Å²) in [7, 11) is -1.83. The molecule has 0 aliphatic rings. The van der Waals surface area contributed by atoms with Gasteiger partial charge in [0.1, 0.15) is 24.4 Å². The second-order valence-electron chi connectivity index (χ2n) is 15.7. The number of hydrogen-bond acceptors (Lipinski definition) is 3. The largest absolute Gasteiger partial charge is 0.416 e. The molecule has 0 amide bonds. The first-order chi connectivity index (χ1) is 31.6. The molecule has 0 fully saturated rings. The predicted molar refractivity (Wildman–Crippen MR) is 207 cm³/mol. The maximum absolute atomic E-state index is 14.2. The number of benzene rings is 5. The van der Waals surface area contributed by atoms with Gasteiger partial charge >= 0.3 is 49.4 Å². The van der Waals surface area contributed by atoms with Crippen LogP contribution in [0, 0.1) is 10.1 Å².